The Kier molecular flexibility index (Phi) is 5.79. The smallest absolute Gasteiger partial charge is 0.258 e. The lowest BCUT2D eigenvalue weighted by Gasteiger charge is -2.16. The van der Waals surface area contributed by atoms with Crippen molar-refractivity contribution in [2.75, 3.05) is 13.6 Å². The molecule has 3 aromatic rings. The van der Waals surface area contributed by atoms with Crippen LogP contribution in [-0.2, 0) is 6.42 Å². The number of nitrogens with zero attached hydrogens (tertiary/aromatic N) is 2. The first-order valence-electron chi connectivity index (χ1n) is 8.68. The lowest BCUT2D eigenvalue weighted by molar-refractivity contribution is 0.0791. The first-order valence-corrected chi connectivity index (χ1v) is 9.47. The Hall–Kier alpha value is -2.41. The van der Waals surface area contributed by atoms with Crippen LogP contribution in [0.5, 0.6) is 0 Å². The zero-order chi connectivity index (χ0) is 19.6. The summed E-state index contributed by atoms with van der Waals surface area (Å²) in [6.07, 6.45) is 1.55. The van der Waals surface area contributed by atoms with E-state index >= 15 is 0 Å². The van der Waals surface area contributed by atoms with Crippen molar-refractivity contribution in [1.82, 2.24) is 15.1 Å². The van der Waals surface area contributed by atoms with Gasteiger partial charge in [0, 0.05) is 24.8 Å². The molecule has 0 aliphatic heterocycles. The number of carbonyl (C=O) groups excluding carboxylic acids is 1. The maximum atomic E-state index is 13.0. The number of furan rings is 1. The average molecular weight is 434 g/mol. The Morgan fingerprint density at radius 3 is 2.59 bits per heavy atom. The molecule has 1 N–H and O–H groups in total. The number of aryl methyl sites for hydroxylation is 3. The molecule has 7 heteroatoms. The molecule has 1 amide bonds. The van der Waals surface area contributed by atoms with E-state index in [-0.39, 0.29) is 11.7 Å². The Morgan fingerprint density at radius 2 is 1.96 bits per heavy atom. The second-order valence-electron chi connectivity index (χ2n) is 6.52. The highest BCUT2D eigenvalue weighted by molar-refractivity contribution is 9.10. The fourth-order valence-corrected chi connectivity index (χ4v) is 3.49. The third-order valence-corrected chi connectivity index (χ3v) is 5.41. The van der Waals surface area contributed by atoms with Gasteiger partial charge in [-0.2, -0.15) is 5.10 Å². The number of nitrogens with one attached hydrogen (secondary N) is 1. The predicted molar refractivity (Wildman–Crippen MR) is 105 cm³/mol. The summed E-state index contributed by atoms with van der Waals surface area (Å²) in [6, 6.07) is 8.20. The van der Waals surface area contributed by atoms with Crippen LogP contribution >= 0.6 is 15.9 Å². The van der Waals surface area contributed by atoms with Crippen molar-refractivity contribution in [1.29, 1.82) is 0 Å². The highest BCUT2D eigenvalue weighted by Gasteiger charge is 2.22. The molecule has 0 unspecified atom stereocenters. The van der Waals surface area contributed by atoms with Crippen molar-refractivity contribution in [2.45, 2.75) is 26.7 Å². The molecule has 0 bridgehead atoms. The lowest BCUT2D eigenvalue weighted by Crippen LogP contribution is -2.28. The van der Waals surface area contributed by atoms with E-state index in [1.165, 1.54) is 12.1 Å². The van der Waals surface area contributed by atoms with E-state index in [2.05, 4.69) is 26.1 Å². The highest BCUT2D eigenvalue weighted by atomic mass is 79.9. The van der Waals surface area contributed by atoms with Gasteiger partial charge in [0.1, 0.15) is 17.3 Å². The minimum atomic E-state index is -0.267. The van der Waals surface area contributed by atoms with Crippen LogP contribution in [0.1, 0.15) is 34.0 Å². The molecular formula is C20H21BrFN3O2. The van der Waals surface area contributed by atoms with Crippen LogP contribution in [0.4, 0.5) is 4.39 Å². The molecule has 3 rings (SSSR count). The molecule has 0 saturated heterocycles. The number of halogens is 2. The van der Waals surface area contributed by atoms with Gasteiger partial charge in [0.25, 0.3) is 5.91 Å². The summed E-state index contributed by atoms with van der Waals surface area (Å²) >= 11 is 3.43. The summed E-state index contributed by atoms with van der Waals surface area (Å²) in [6.45, 7) is 4.23. The van der Waals surface area contributed by atoms with E-state index in [1.54, 1.807) is 31.0 Å². The molecule has 2 heterocycles. The van der Waals surface area contributed by atoms with E-state index in [4.69, 9.17) is 4.42 Å². The van der Waals surface area contributed by atoms with Crippen molar-refractivity contribution in [3.8, 4) is 11.3 Å². The Bertz CT molecular complexity index is 947. The normalized spacial score (nSPS) is 11.0. The van der Waals surface area contributed by atoms with Crippen molar-refractivity contribution >= 4 is 21.8 Å². The molecule has 0 aliphatic carbocycles. The highest BCUT2D eigenvalue weighted by Crippen LogP contribution is 2.28. The van der Waals surface area contributed by atoms with Gasteiger partial charge in [-0.3, -0.25) is 9.89 Å². The number of amides is 1. The summed E-state index contributed by atoms with van der Waals surface area (Å²) in [5.74, 6) is 0.994. The number of hydrogen-bond acceptors (Lipinski definition) is 3. The van der Waals surface area contributed by atoms with Crippen molar-refractivity contribution in [3.63, 3.8) is 0 Å². The van der Waals surface area contributed by atoms with E-state index in [1.807, 2.05) is 13.0 Å². The summed E-state index contributed by atoms with van der Waals surface area (Å²) in [4.78, 5) is 14.3. The van der Waals surface area contributed by atoms with Gasteiger partial charge in [-0.05, 0) is 73.0 Å². The van der Waals surface area contributed by atoms with E-state index in [0.717, 1.165) is 29.8 Å². The summed E-state index contributed by atoms with van der Waals surface area (Å²) in [7, 11) is 1.79. The molecule has 27 heavy (non-hydrogen) atoms. The third kappa shape index (κ3) is 4.30. The SMILES string of the molecule is Cc1oc(C)c(C(=O)N(C)CCCc2cc(-c3ccc(F)cc3)n[nH]2)c1Br. The van der Waals surface area contributed by atoms with E-state index in [0.29, 0.717) is 28.1 Å². The molecule has 142 valence electrons. The molecule has 5 nitrogen and oxygen atoms in total. The molecule has 0 atom stereocenters. The van der Waals surface area contributed by atoms with E-state index in [9.17, 15) is 9.18 Å². The number of H-pyrrole nitrogens is 1. The van der Waals surface area contributed by atoms with Crippen LogP contribution in [0.3, 0.4) is 0 Å². The van der Waals surface area contributed by atoms with E-state index < -0.39 is 0 Å². The van der Waals surface area contributed by atoms with Crippen molar-refractivity contribution < 1.29 is 13.6 Å². The maximum absolute atomic E-state index is 13.0. The van der Waals surface area contributed by atoms with Crippen LogP contribution in [0, 0.1) is 19.7 Å². The standard InChI is InChI=1S/C20H21BrFN3O2/c1-12-18(19(21)13(2)27-12)20(26)25(3)10-4-5-16-11-17(24-23-16)14-6-8-15(22)9-7-14/h6-9,11H,4-5,10H2,1-3H3,(H,23,24). The molecular weight excluding hydrogens is 413 g/mol. The molecule has 0 aliphatic rings. The summed E-state index contributed by atoms with van der Waals surface area (Å²) in [5.41, 5.74) is 3.20. The minimum absolute atomic E-state index is 0.0622. The summed E-state index contributed by atoms with van der Waals surface area (Å²) in [5, 5.41) is 7.28. The Labute approximate surface area is 165 Å². The van der Waals surface area contributed by atoms with Gasteiger partial charge in [0.05, 0.1) is 15.7 Å². The number of rotatable bonds is 6. The van der Waals surface area contributed by atoms with Gasteiger partial charge in [0.15, 0.2) is 0 Å². The number of carbonyl (C=O) groups is 1. The fraction of sp³-hybridized carbons (Fsp3) is 0.300. The van der Waals surface area contributed by atoms with Crippen LogP contribution in [0.15, 0.2) is 39.2 Å². The lowest BCUT2D eigenvalue weighted by atomic mass is 10.1. The quantitative estimate of drug-likeness (QED) is 0.601. The Morgan fingerprint density at radius 1 is 1.26 bits per heavy atom. The second-order valence-corrected chi connectivity index (χ2v) is 7.31. The number of aromatic amines is 1. The Balaban J connectivity index is 1.56. The van der Waals surface area contributed by atoms with Crippen LogP contribution in [0.25, 0.3) is 11.3 Å². The molecule has 0 radical (unpaired) electrons. The third-order valence-electron chi connectivity index (χ3n) is 4.46. The van der Waals surface area contributed by atoms with Gasteiger partial charge in [0.2, 0.25) is 0 Å². The molecule has 0 fully saturated rings. The monoisotopic (exact) mass is 433 g/mol. The maximum Gasteiger partial charge on any atom is 0.258 e. The summed E-state index contributed by atoms with van der Waals surface area (Å²) < 4.78 is 19.2. The average Bonchev–Trinajstić information content (AvgIpc) is 3.20. The predicted octanol–water partition coefficient (Wildman–Crippen LogP) is 4.89. The molecule has 2 aromatic heterocycles. The number of aromatic nitrogens is 2. The minimum Gasteiger partial charge on any atom is -0.465 e. The topological polar surface area (TPSA) is 62.1 Å². The van der Waals surface area contributed by atoms with Crippen LogP contribution < -0.4 is 0 Å². The van der Waals surface area contributed by atoms with Crippen molar-refractivity contribution in [2.24, 2.45) is 0 Å². The fourth-order valence-electron chi connectivity index (χ4n) is 2.96. The van der Waals surface area contributed by atoms with Gasteiger partial charge in [-0.25, -0.2) is 4.39 Å². The first-order chi connectivity index (χ1) is 12.9. The van der Waals surface area contributed by atoms with Gasteiger partial charge >= 0.3 is 0 Å². The molecule has 1 aromatic carbocycles. The van der Waals surface area contributed by atoms with Crippen LogP contribution in [-0.4, -0.2) is 34.6 Å². The zero-order valence-corrected chi connectivity index (χ0v) is 17.1. The van der Waals surface area contributed by atoms with Crippen LogP contribution in [0.2, 0.25) is 0 Å². The van der Waals surface area contributed by atoms with Gasteiger partial charge < -0.3 is 9.32 Å². The second kappa shape index (κ2) is 8.08. The molecule has 0 spiro atoms. The zero-order valence-electron chi connectivity index (χ0n) is 15.5. The number of hydrogen-bond donors (Lipinski definition) is 1. The first kappa shape index (κ1) is 19.4. The molecule has 0 saturated carbocycles. The number of benzene rings is 1. The largest absolute Gasteiger partial charge is 0.465 e. The van der Waals surface area contributed by atoms with Gasteiger partial charge in [-0.1, -0.05) is 0 Å². The van der Waals surface area contributed by atoms with Gasteiger partial charge in [-0.15, -0.1) is 0 Å². The van der Waals surface area contributed by atoms with Crippen molar-refractivity contribution in [3.05, 3.63) is 63.4 Å².